The van der Waals surface area contributed by atoms with Gasteiger partial charge in [-0.1, -0.05) is 0 Å². The van der Waals surface area contributed by atoms with E-state index in [9.17, 15) is 4.79 Å². The van der Waals surface area contributed by atoms with E-state index in [0.29, 0.717) is 23.3 Å². The Bertz CT molecular complexity index is 715. The Hall–Kier alpha value is -2.44. The van der Waals surface area contributed by atoms with Crippen molar-refractivity contribution < 1.29 is 9.53 Å². The molecule has 7 heteroatoms. The number of carbonyl (C=O) groups excluding carboxylic acids is 1. The zero-order valence-electron chi connectivity index (χ0n) is 13.7. The highest BCUT2D eigenvalue weighted by molar-refractivity contribution is 5.94. The van der Waals surface area contributed by atoms with Gasteiger partial charge in [0, 0.05) is 37.2 Å². The van der Waals surface area contributed by atoms with Gasteiger partial charge in [0.05, 0.1) is 12.7 Å². The van der Waals surface area contributed by atoms with Crippen LogP contribution < -0.4 is 4.74 Å². The van der Waals surface area contributed by atoms with Crippen molar-refractivity contribution in [1.29, 1.82) is 0 Å². The van der Waals surface area contributed by atoms with Gasteiger partial charge in [0.25, 0.3) is 5.91 Å². The number of amides is 1. The minimum absolute atomic E-state index is 0.0276. The van der Waals surface area contributed by atoms with Gasteiger partial charge in [-0.15, -0.1) is 0 Å². The topological polar surface area (TPSA) is 84.0 Å². The molecule has 2 aromatic heterocycles. The lowest BCUT2D eigenvalue weighted by Gasteiger charge is -2.31. The summed E-state index contributed by atoms with van der Waals surface area (Å²) >= 11 is 0. The van der Waals surface area contributed by atoms with Gasteiger partial charge < -0.3 is 9.64 Å². The highest BCUT2D eigenvalue weighted by Crippen LogP contribution is 2.38. The second kappa shape index (κ2) is 6.22. The quantitative estimate of drug-likeness (QED) is 0.930. The number of methoxy groups -OCH3 is 1. The molecule has 0 unspecified atom stereocenters. The maximum Gasteiger partial charge on any atom is 0.255 e. The molecule has 1 N–H and O–H groups in total. The number of hydrogen-bond donors (Lipinski definition) is 1. The third-order valence-corrected chi connectivity index (χ3v) is 4.82. The van der Waals surface area contributed by atoms with Crippen LogP contribution in [0.5, 0.6) is 5.88 Å². The van der Waals surface area contributed by atoms with Crippen molar-refractivity contribution in [3.8, 4) is 5.88 Å². The standard InChI is InChI=1S/C17H21N5O2/c1-24-14-5-4-13(10-18-14)17(23)22-8-6-12(7-9-22)16-19-15(20-21-16)11-2-3-11/h4-5,10-12H,2-3,6-9H2,1H3,(H,19,20,21). The van der Waals surface area contributed by atoms with Gasteiger partial charge in [-0.3, -0.25) is 9.89 Å². The Balaban J connectivity index is 1.36. The second-order valence-electron chi connectivity index (χ2n) is 6.51. The van der Waals surface area contributed by atoms with E-state index >= 15 is 0 Å². The lowest BCUT2D eigenvalue weighted by Crippen LogP contribution is -2.38. The molecule has 3 heterocycles. The van der Waals surface area contributed by atoms with Gasteiger partial charge in [0.1, 0.15) is 5.82 Å². The highest BCUT2D eigenvalue weighted by Gasteiger charge is 2.30. The molecular formula is C17H21N5O2. The van der Waals surface area contributed by atoms with E-state index in [-0.39, 0.29) is 5.91 Å². The molecule has 1 aliphatic heterocycles. The SMILES string of the molecule is COc1ccc(C(=O)N2CCC(c3nc(C4CC4)n[nH]3)CC2)cn1. The van der Waals surface area contributed by atoms with Gasteiger partial charge >= 0.3 is 0 Å². The summed E-state index contributed by atoms with van der Waals surface area (Å²) in [6, 6.07) is 3.48. The second-order valence-corrected chi connectivity index (χ2v) is 6.51. The van der Waals surface area contributed by atoms with Gasteiger partial charge in [0.2, 0.25) is 5.88 Å². The van der Waals surface area contributed by atoms with Crippen molar-refractivity contribution in [3.05, 3.63) is 35.5 Å². The molecule has 4 rings (SSSR count). The molecule has 0 atom stereocenters. The number of pyridine rings is 1. The van der Waals surface area contributed by atoms with Gasteiger partial charge in [-0.2, -0.15) is 5.10 Å². The van der Waals surface area contributed by atoms with Crippen LogP contribution in [-0.4, -0.2) is 51.2 Å². The fourth-order valence-corrected chi connectivity index (χ4v) is 3.16. The van der Waals surface area contributed by atoms with Crippen LogP contribution in [0.15, 0.2) is 18.3 Å². The van der Waals surface area contributed by atoms with Crippen molar-refractivity contribution >= 4 is 5.91 Å². The number of aromatic amines is 1. The minimum Gasteiger partial charge on any atom is -0.481 e. The maximum absolute atomic E-state index is 12.6. The number of piperidine rings is 1. The average Bonchev–Trinajstić information content (AvgIpc) is 3.38. The van der Waals surface area contributed by atoms with Crippen molar-refractivity contribution in [2.45, 2.75) is 37.5 Å². The lowest BCUT2D eigenvalue weighted by molar-refractivity contribution is 0.0710. The van der Waals surface area contributed by atoms with Crippen LogP contribution >= 0.6 is 0 Å². The molecule has 1 saturated carbocycles. The Morgan fingerprint density at radius 1 is 1.21 bits per heavy atom. The summed E-state index contributed by atoms with van der Waals surface area (Å²) in [4.78, 5) is 23.2. The molecule has 126 valence electrons. The largest absolute Gasteiger partial charge is 0.481 e. The van der Waals surface area contributed by atoms with E-state index in [1.165, 1.54) is 12.8 Å². The van der Waals surface area contributed by atoms with Crippen molar-refractivity contribution in [2.24, 2.45) is 0 Å². The molecule has 2 aliphatic rings. The first-order chi connectivity index (χ1) is 11.7. The fraction of sp³-hybridized carbons (Fsp3) is 0.529. The van der Waals surface area contributed by atoms with Crippen molar-refractivity contribution in [1.82, 2.24) is 25.1 Å². The highest BCUT2D eigenvalue weighted by atomic mass is 16.5. The first kappa shape index (κ1) is 15.1. The van der Waals surface area contributed by atoms with E-state index in [0.717, 1.165) is 37.6 Å². The third kappa shape index (κ3) is 2.98. The Morgan fingerprint density at radius 3 is 2.62 bits per heavy atom. The summed E-state index contributed by atoms with van der Waals surface area (Å²) in [5, 5.41) is 7.43. The van der Waals surface area contributed by atoms with E-state index in [2.05, 4.69) is 20.2 Å². The number of likely N-dealkylation sites (tertiary alicyclic amines) is 1. The van der Waals surface area contributed by atoms with E-state index in [1.807, 2.05) is 4.90 Å². The van der Waals surface area contributed by atoms with Crippen molar-refractivity contribution in [3.63, 3.8) is 0 Å². The molecule has 2 aromatic rings. The molecule has 0 spiro atoms. The van der Waals surface area contributed by atoms with Gasteiger partial charge in [-0.05, 0) is 31.7 Å². The number of carbonyl (C=O) groups is 1. The third-order valence-electron chi connectivity index (χ3n) is 4.82. The predicted molar refractivity (Wildman–Crippen MR) is 87.0 cm³/mol. The number of nitrogens with zero attached hydrogens (tertiary/aromatic N) is 4. The van der Waals surface area contributed by atoms with Gasteiger partial charge in [0.15, 0.2) is 5.82 Å². The van der Waals surface area contributed by atoms with Crippen LogP contribution in [0, 0.1) is 0 Å². The molecular weight excluding hydrogens is 306 g/mol. The van der Waals surface area contributed by atoms with Crippen LogP contribution in [0.25, 0.3) is 0 Å². The van der Waals surface area contributed by atoms with Crippen LogP contribution in [0.3, 0.4) is 0 Å². The van der Waals surface area contributed by atoms with Crippen LogP contribution in [-0.2, 0) is 0 Å². The van der Waals surface area contributed by atoms with E-state index in [1.54, 1.807) is 25.4 Å². The summed E-state index contributed by atoms with van der Waals surface area (Å²) < 4.78 is 5.03. The summed E-state index contributed by atoms with van der Waals surface area (Å²) in [5.41, 5.74) is 0.602. The number of nitrogens with one attached hydrogen (secondary N) is 1. The first-order valence-electron chi connectivity index (χ1n) is 8.46. The van der Waals surface area contributed by atoms with Gasteiger partial charge in [-0.25, -0.2) is 9.97 Å². The average molecular weight is 327 g/mol. The first-order valence-corrected chi connectivity index (χ1v) is 8.46. The number of rotatable bonds is 4. The Kier molecular flexibility index (Phi) is 3.92. The monoisotopic (exact) mass is 327 g/mol. The summed E-state index contributed by atoms with van der Waals surface area (Å²) in [5.74, 6) is 3.42. The minimum atomic E-state index is 0.0276. The van der Waals surface area contributed by atoms with E-state index in [4.69, 9.17) is 4.74 Å². The molecule has 0 radical (unpaired) electrons. The molecule has 1 amide bonds. The Morgan fingerprint density at radius 2 is 2.00 bits per heavy atom. The molecule has 7 nitrogen and oxygen atoms in total. The smallest absolute Gasteiger partial charge is 0.255 e. The molecule has 1 saturated heterocycles. The molecule has 1 aliphatic carbocycles. The fourth-order valence-electron chi connectivity index (χ4n) is 3.16. The number of hydrogen-bond acceptors (Lipinski definition) is 5. The normalized spacial score (nSPS) is 18.6. The zero-order valence-corrected chi connectivity index (χ0v) is 13.7. The molecule has 2 fully saturated rings. The number of H-pyrrole nitrogens is 1. The summed E-state index contributed by atoms with van der Waals surface area (Å²) in [6.07, 6.45) is 5.81. The number of ether oxygens (including phenoxy) is 1. The molecule has 24 heavy (non-hydrogen) atoms. The lowest BCUT2D eigenvalue weighted by atomic mass is 9.96. The molecule has 0 bridgehead atoms. The summed E-state index contributed by atoms with van der Waals surface area (Å²) in [7, 11) is 1.56. The summed E-state index contributed by atoms with van der Waals surface area (Å²) in [6.45, 7) is 1.46. The maximum atomic E-state index is 12.6. The van der Waals surface area contributed by atoms with Crippen LogP contribution in [0.1, 0.15) is 59.5 Å². The van der Waals surface area contributed by atoms with Crippen LogP contribution in [0.2, 0.25) is 0 Å². The van der Waals surface area contributed by atoms with Crippen LogP contribution in [0.4, 0.5) is 0 Å². The Labute approximate surface area is 140 Å². The van der Waals surface area contributed by atoms with E-state index < -0.39 is 0 Å². The molecule has 0 aromatic carbocycles. The predicted octanol–water partition coefficient (Wildman–Crippen LogP) is 2.11. The zero-order chi connectivity index (χ0) is 16.5. The number of aromatic nitrogens is 4. The van der Waals surface area contributed by atoms with Crippen molar-refractivity contribution in [2.75, 3.05) is 20.2 Å².